The van der Waals surface area contributed by atoms with Gasteiger partial charge in [-0.1, -0.05) is 0 Å². The van der Waals surface area contributed by atoms with Crippen molar-refractivity contribution in [2.45, 2.75) is 13.8 Å². The molecule has 1 aliphatic rings. The van der Waals surface area contributed by atoms with E-state index in [2.05, 4.69) is 5.32 Å². The number of ether oxygens (including phenoxy) is 3. The number of rotatable bonds is 4. The number of aryl methyl sites for hydroxylation is 1. The minimum absolute atomic E-state index is 0.176. The number of anilines is 1. The molecule has 0 radical (unpaired) electrons. The van der Waals surface area contributed by atoms with Crippen LogP contribution in [-0.2, 0) is 0 Å². The number of carbonyl (C=O) groups is 1. The molecule has 1 N–H and O–H groups in total. The van der Waals surface area contributed by atoms with Crippen molar-refractivity contribution in [2.75, 3.05) is 18.7 Å². The zero-order chi connectivity index (χ0) is 15.5. The van der Waals surface area contributed by atoms with E-state index in [0.717, 1.165) is 11.3 Å². The Kier molecular flexibility index (Phi) is 3.87. The fourth-order valence-electron chi connectivity index (χ4n) is 2.29. The predicted octanol–water partition coefficient (Wildman–Crippen LogP) is 3.37. The number of hydrogen-bond acceptors (Lipinski definition) is 4. The highest BCUT2D eigenvalue weighted by Gasteiger charge is 2.15. The Labute approximate surface area is 128 Å². The van der Waals surface area contributed by atoms with E-state index in [0.29, 0.717) is 29.4 Å². The highest BCUT2D eigenvalue weighted by molar-refractivity contribution is 6.04. The maximum Gasteiger partial charge on any atom is 0.255 e. The van der Waals surface area contributed by atoms with Gasteiger partial charge in [-0.15, -0.1) is 0 Å². The second kappa shape index (κ2) is 5.97. The lowest BCUT2D eigenvalue weighted by Crippen LogP contribution is -2.12. The van der Waals surface area contributed by atoms with Gasteiger partial charge in [0.1, 0.15) is 5.75 Å². The molecule has 114 valence electrons. The summed E-state index contributed by atoms with van der Waals surface area (Å²) >= 11 is 0. The van der Waals surface area contributed by atoms with Gasteiger partial charge in [0.2, 0.25) is 6.79 Å². The van der Waals surface area contributed by atoms with Crippen molar-refractivity contribution in [3.8, 4) is 17.2 Å². The maximum absolute atomic E-state index is 12.3. The van der Waals surface area contributed by atoms with E-state index in [9.17, 15) is 4.79 Å². The number of nitrogens with one attached hydrogen (secondary N) is 1. The number of fused-ring (bicyclic) bond motifs is 1. The van der Waals surface area contributed by atoms with Gasteiger partial charge < -0.3 is 19.5 Å². The Morgan fingerprint density at radius 3 is 2.77 bits per heavy atom. The second-order valence-corrected chi connectivity index (χ2v) is 4.94. The Morgan fingerprint density at radius 1 is 1.18 bits per heavy atom. The van der Waals surface area contributed by atoms with Crippen LogP contribution < -0.4 is 19.5 Å². The minimum Gasteiger partial charge on any atom is -0.494 e. The minimum atomic E-state index is -0.176. The summed E-state index contributed by atoms with van der Waals surface area (Å²) in [5.74, 6) is 1.95. The van der Waals surface area contributed by atoms with Crippen LogP contribution in [0.15, 0.2) is 36.4 Å². The first-order valence-electron chi connectivity index (χ1n) is 7.12. The third kappa shape index (κ3) is 2.83. The molecule has 2 aromatic carbocycles. The fourth-order valence-corrected chi connectivity index (χ4v) is 2.29. The van der Waals surface area contributed by atoms with Gasteiger partial charge in [0, 0.05) is 17.3 Å². The van der Waals surface area contributed by atoms with Gasteiger partial charge >= 0.3 is 0 Å². The molecule has 1 amide bonds. The Hall–Kier alpha value is -2.69. The van der Waals surface area contributed by atoms with Crippen molar-refractivity contribution >= 4 is 11.6 Å². The molecule has 5 heteroatoms. The molecule has 1 aliphatic heterocycles. The summed E-state index contributed by atoms with van der Waals surface area (Å²) in [4.78, 5) is 12.3. The lowest BCUT2D eigenvalue weighted by Gasteiger charge is -2.10. The highest BCUT2D eigenvalue weighted by Crippen LogP contribution is 2.34. The average Bonchev–Trinajstić information content (AvgIpc) is 2.97. The van der Waals surface area contributed by atoms with Crippen LogP contribution >= 0.6 is 0 Å². The molecular weight excluding hydrogens is 282 g/mol. The third-order valence-corrected chi connectivity index (χ3v) is 3.37. The van der Waals surface area contributed by atoms with Crippen LogP contribution in [0.5, 0.6) is 17.2 Å². The van der Waals surface area contributed by atoms with Crippen molar-refractivity contribution in [1.29, 1.82) is 0 Å². The van der Waals surface area contributed by atoms with Crippen LogP contribution in [-0.4, -0.2) is 19.3 Å². The summed E-state index contributed by atoms with van der Waals surface area (Å²) in [6.45, 7) is 4.66. The molecule has 0 saturated carbocycles. The van der Waals surface area contributed by atoms with Crippen molar-refractivity contribution in [3.05, 3.63) is 47.5 Å². The normalized spacial score (nSPS) is 12.1. The first-order chi connectivity index (χ1) is 10.7. The molecule has 0 spiro atoms. The summed E-state index contributed by atoms with van der Waals surface area (Å²) in [5, 5.41) is 2.85. The standard InChI is InChI=1S/C17H17NO4/c1-3-20-14-6-4-12(8-11(14)2)17(19)18-13-5-7-15-16(9-13)22-10-21-15/h4-9H,3,10H2,1-2H3,(H,18,19). The van der Waals surface area contributed by atoms with Gasteiger partial charge in [-0.05, 0) is 49.7 Å². The van der Waals surface area contributed by atoms with E-state index in [4.69, 9.17) is 14.2 Å². The van der Waals surface area contributed by atoms with Crippen molar-refractivity contribution < 1.29 is 19.0 Å². The lowest BCUT2D eigenvalue weighted by molar-refractivity contribution is 0.102. The van der Waals surface area contributed by atoms with Gasteiger partial charge in [-0.25, -0.2) is 0 Å². The van der Waals surface area contributed by atoms with Gasteiger partial charge in [-0.2, -0.15) is 0 Å². The third-order valence-electron chi connectivity index (χ3n) is 3.37. The Balaban J connectivity index is 1.75. The molecule has 0 bridgehead atoms. The molecule has 0 unspecified atom stereocenters. The molecule has 3 rings (SSSR count). The van der Waals surface area contributed by atoms with E-state index < -0.39 is 0 Å². The summed E-state index contributed by atoms with van der Waals surface area (Å²) in [7, 11) is 0. The second-order valence-electron chi connectivity index (χ2n) is 4.94. The van der Waals surface area contributed by atoms with E-state index in [1.54, 1.807) is 24.3 Å². The number of hydrogen-bond donors (Lipinski definition) is 1. The number of benzene rings is 2. The molecule has 0 atom stereocenters. The SMILES string of the molecule is CCOc1ccc(C(=O)Nc2ccc3c(c2)OCO3)cc1C. The van der Waals surface area contributed by atoms with E-state index in [1.807, 2.05) is 26.0 Å². The first-order valence-corrected chi connectivity index (χ1v) is 7.12. The molecule has 0 aliphatic carbocycles. The highest BCUT2D eigenvalue weighted by atomic mass is 16.7. The smallest absolute Gasteiger partial charge is 0.255 e. The van der Waals surface area contributed by atoms with E-state index >= 15 is 0 Å². The van der Waals surface area contributed by atoms with Crippen LogP contribution in [0.1, 0.15) is 22.8 Å². The summed E-state index contributed by atoms with van der Waals surface area (Å²) in [6.07, 6.45) is 0. The largest absolute Gasteiger partial charge is 0.494 e. The number of carbonyl (C=O) groups excluding carboxylic acids is 1. The molecule has 0 fully saturated rings. The molecule has 5 nitrogen and oxygen atoms in total. The maximum atomic E-state index is 12.3. The van der Waals surface area contributed by atoms with Crippen LogP contribution in [0, 0.1) is 6.92 Å². The fraction of sp³-hybridized carbons (Fsp3) is 0.235. The first kappa shape index (κ1) is 14.3. The zero-order valence-electron chi connectivity index (χ0n) is 12.5. The Bertz CT molecular complexity index is 712. The molecule has 22 heavy (non-hydrogen) atoms. The summed E-state index contributed by atoms with van der Waals surface area (Å²) in [6, 6.07) is 10.7. The monoisotopic (exact) mass is 299 g/mol. The Morgan fingerprint density at radius 2 is 2.00 bits per heavy atom. The van der Waals surface area contributed by atoms with Crippen molar-refractivity contribution in [3.63, 3.8) is 0 Å². The lowest BCUT2D eigenvalue weighted by atomic mass is 10.1. The van der Waals surface area contributed by atoms with Gasteiger partial charge in [0.25, 0.3) is 5.91 Å². The summed E-state index contributed by atoms with van der Waals surface area (Å²) < 4.78 is 16.0. The quantitative estimate of drug-likeness (QED) is 0.940. The predicted molar refractivity (Wildman–Crippen MR) is 82.9 cm³/mol. The zero-order valence-corrected chi connectivity index (χ0v) is 12.5. The van der Waals surface area contributed by atoms with E-state index in [-0.39, 0.29) is 12.7 Å². The van der Waals surface area contributed by atoms with Crippen molar-refractivity contribution in [1.82, 2.24) is 0 Å². The van der Waals surface area contributed by atoms with Gasteiger partial charge in [-0.3, -0.25) is 4.79 Å². The van der Waals surface area contributed by atoms with Crippen LogP contribution in [0.3, 0.4) is 0 Å². The van der Waals surface area contributed by atoms with Crippen LogP contribution in [0.2, 0.25) is 0 Å². The molecule has 1 heterocycles. The van der Waals surface area contributed by atoms with Gasteiger partial charge in [0.15, 0.2) is 11.5 Å². The molecular formula is C17H17NO4. The van der Waals surface area contributed by atoms with Crippen LogP contribution in [0.4, 0.5) is 5.69 Å². The summed E-state index contributed by atoms with van der Waals surface area (Å²) in [5.41, 5.74) is 2.18. The molecule has 2 aromatic rings. The van der Waals surface area contributed by atoms with E-state index in [1.165, 1.54) is 0 Å². The average molecular weight is 299 g/mol. The molecule has 0 saturated heterocycles. The van der Waals surface area contributed by atoms with Crippen molar-refractivity contribution in [2.24, 2.45) is 0 Å². The molecule has 0 aromatic heterocycles. The topological polar surface area (TPSA) is 56.8 Å². The van der Waals surface area contributed by atoms with Crippen LogP contribution in [0.25, 0.3) is 0 Å². The van der Waals surface area contributed by atoms with Gasteiger partial charge in [0.05, 0.1) is 6.61 Å². The number of amides is 1.